The molecule has 1 unspecified atom stereocenters. The summed E-state index contributed by atoms with van der Waals surface area (Å²) in [7, 11) is -5.24. The van der Waals surface area contributed by atoms with Crippen LogP contribution in [0.4, 0.5) is 43.9 Å². The number of carbonyl (C=O) groups excluding carboxylic acids is 2. The van der Waals surface area contributed by atoms with Crippen molar-refractivity contribution in [3.8, 4) is 0 Å². The Hall–Kier alpha value is -2.15. The van der Waals surface area contributed by atoms with Gasteiger partial charge in [0, 0.05) is 20.5 Å². The normalized spacial score (nSPS) is 15.4. The summed E-state index contributed by atoms with van der Waals surface area (Å²) >= 11 is 0. The minimum absolute atomic E-state index is 0.109. The number of rotatable bonds is 11. The highest BCUT2D eigenvalue weighted by atomic mass is 32.2. The third-order valence-electron chi connectivity index (χ3n) is 3.83. The van der Waals surface area contributed by atoms with Gasteiger partial charge < -0.3 is 14.4 Å². The van der Waals surface area contributed by atoms with Crippen molar-refractivity contribution in [3.05, 3.63) is 12.2 Å². The molecule has 34 heavy (non-hydrogen) atoms. The van der Waals surface area contributed by atoms with Gasteiger partial charge in [-0.3, -0.25) is 9.35 Å². The molecule has 0 saturated heterocycles. The number of hydrogen-bond acceptors (Lipinski definition) is 6. The van der Waals surface area contributed by atoms with Crippen molar-refractivity contribution in [2.45, 2.75) is 48.6 Å². The van der Waals surface area contributed by atoms with Crippen molar-refractivity contribution in [2.75, 3.05) is 20.7 Å². The van der Waals surface area contributed by atoms with Crippen molar-refractivity contribution in [1.29, 1.82) is 0 Å². The predicted octanol–water partition coefficient (Wildman–Crippen LogP) is 3.30. The van der Waals surface area contributed by atoms with Crippen LogP contribution in [-0.4, -0.2) is 79.8 Å². The Morgan fingerprint density at radius 1 is 0.941 bits per heavy atom. The quantitative estimate of drug-likeness (QED) is 0.106. The van der Waals surface area contributed by atoms with Crippen LogP contribution in [0.3, 0.4) is 0 Å². The van der Waals surface area contributed by atoms with Gasteiger partial charge in [-0.1, -0.05) is 6.58 Å². The van der Waals surface area contributed by atoms with E-state index in [0.717, 1.165) is 0 Å². The van der Waals surface area contributed by atoms with E-state index in [9.17, 15) is 61.9 Å². The van der Waals surface area contributed by atoms with Crippen LogP contribution >= 0.6 is 0 Å². The Labute approximate surface area is 185 Å². The molecule has 0 radical (unpaired) electrons. The zero-order valence-corrected chi connectivity index (χ0v) is 17.9. The standard InChI is InChI=1S/C15H17F10NO7S/c1-8(13(18,19)20)9(27)33-12(14(21,22)23,10(28)26(2)3)32-7-5-4-6-11(16,17)15(24,25)34(29,30)31/h1,4-7H2,2-3H3,(H,29,30,31). The number of unbranched alkanes of at least 4 members (excludes halogenated alkanes) is 1. The predicted molar refractivity (Wildman–Crippen MR) is 90.0 cm³/mol. The van der Waals surface area contributed by atoms with Crippen LogP contribution in [0.1, 0.15) is 19.3 Å². The number of hydrogen-bond donors (Lipinski definition) is 1. The van der Waals surface area contributed by atoms with E-state index in [0.29, 0.717) is 14.1 Å². The first kappa shape index (κ1) is 31.9. The van der Waals surface area contributed by atoms with Crippen LogP contribution in [-0.2, 0) is 29.2 Å². The Balaban J connectivity index is 5.73. The number of likely N-dealkylation sites (N-methyl/N-ethyl adjacent to an activating group) is 1. The Morgan fingerprint density at radius 3 is 1.76 bits per heavy atom. The fourth-order valence-corrected chi connectivity index (χ4v) is 2.48. The van der Waals surface area contributed by atoms with Gasteiger partial charge in [-0.05, 0) is 12.8 Å². The fraction of sp³-hybridized carbons (Fsp3) is 0.733. The smallest absolute Gasteiger partial charge is 0.412 e. The summed E-state index contributed by atoms with van der Waals surface area (Å²) in [6.07, 6.45) is -15.9. The van der Waals surface area contributed by atoms with Crippen LogP contribution < -0.4 is 0 Å². The summed E-state index contributed by atoms with van der Waals surface area (Å²) in [4.78, 5) is 23.7. The lowest BCUT2D eigenvalue weighted by Crippen LogP contribution is -2.61. The summed E-state index contributed by atoms with van der Waals surface area (Å²) in [6.45, 7) is 0.731. The highest BCUT2D eigenvalue weighted by Crippen LogP contribution is 2.42. The summed E-state index contributed by atoms with van der Waals surface area (Å²) in [5.41, 5.74) is -2.46. The topological polar surface area (TPSA) is 110 Å². The Bertz CT molecular complexity index is 883. The molecule has 0 rings (SSSR count). The molecule has 8 nitrogen and oxygen atoms in total. The lowest BCUT2D eigenvalue weighted by molar-refractivity contribution is -0.350. The first-order valence-corrected chi connectivity index (χ1v) is 9.93. The molecule has 19 heteroatoms. The summed E-state index contributed by atoms with van der Waals surface area (Å²) < 4.78 is 168. The first-order chi connectivity index (χ1) is 14.8. The monoisotopic (exact) mass is 545 g/mol. The van der Waals surface area contributed by atoms with Crippen molar-refractivity contribution in [1.82, 2.24) is 4.90 Å². The molecule has 0 fully saturated rings. The van der Waals surface area contributed by atoms with Crippen molar-refractivity contribution in [2.24, 2.45) is 0 Å². The average molecular weight is 545 g/mol. The second-order valence-corrected chi connectivity index (χ2v) is 8.14. The van der Waals surface area contributed by atoms with E-state index in [2.05, 4.69) is 16.1 Å². The van der Waals surface area contributed by atoms with Gasteiger partial charge in [0.1, 0.15) is 5.57 Å². The highest BCUT2D eigenvalue weighted by Gasteiger charge is 2.68. The van der Waals surface area contributed by atoms with E-state index >= 15 is 0 Å². The van der Waals surface area contributed by atoms with Gasteiger partial charge in [-0.15, -0.1) is 0 Å². The molecule has 0 aliphatic rings. The molecule has 0 bridgehead atoms. The lowest BCUT2D eigenvalue weighted by Gasteiger charge is -2.35. The van der Waals surface area contributed by atoms with E-state index in [1.54, 1.807) is 0 Å². The van der Waals surface area contributed by atoms with Gasteiger partial charge in [0.25, 0.3) is 0 Å². The minimum Gasteiger partial charge on any atom is -0.412 e. The number of amides is 1. The van der Waals surface area contributed by atoms with Gasteiger partial charge in [-0.2, -0.15) is 52.3 Å². The fourth-order valence-electron chi connectivity index (χ4n) is 2.00. The molecule has 1 N–H and O–H groups in total. The van der Waals surface area contributed by atoms with Crippen LogP contribution in [0.2, 0.25) is 0 Å². The maximum atomic E-state index is 13.6. The third kappa shape index (κ3) is 6.94. The summed E-state index contributed by atoms with van der Waals surface area (Å²) in [5.74, 6) is -15.1. The van der Waals surface area contributed by atoms with E-state index < -0.39 is 82.8 Å². The molecule has 0 saturated carbocycles. The Morgan fingerprint density at radius 2 is 1.41 bits per heavy atom. The molecule has 1 atom stereocenters. The van der Waals surface area contributed by atoms with Crippen molar-refractivity contribution < 1.29 is 75.9 Å². The van der Waals surface area contributed by atoms with Crippen LogP contribution in [0, 0.1) is 0 Å². The van der Waals surface area contributed by atoms with E-state index in [4.69, 9.17) is 4.55 Å². The van der Waals surface area contributed by atoms with Crippen LogP contribution in [0.25, 0.3) is 0 Å². The van der Waals surface area contributed by atoms with Crippen LogP contribution in [0.15, 0.2) is 12.2 Å². The highest BCUT2D eigenvalue weighted by molar-refractivity contribution is 7.87. The second kappa shape index (κ2) is 10.2. The molecular weight excluding hydrogens is 528 g/mol. The van der Waals surface area contributed by atoms with E-state index in [1.165, 1.54) is 0 Å². The number of nitrogens with zero attached hydrogens (tertiary/aromatic N) is 1. The maximum Gasteiger partial charge on any atom is 0.466 e. The molecular formula is C15H17F10NO7S. The van der Waals surface area contributed by atoms with Crippen molar-refractivity contribution in [3.63, 3.8) is 0 Å². The van der Waals surface area contributed by atoms with Gasteiger partial charge in [0.05, 0.1) is 6.61 Å². The molecule has 0 aromatic rings. The summed E-state index contributed by atoms with van der Waals surface area (Å²) in [6, 6.07) is 0. The molecule has 0 heterocycles. The second-order valence-electron chi connectivity index (χ2n) is 6.68. The van der Waals surface area contributed by atoms with Gasteiger partial charge in [0.2, 0.25) is 0 Å². The van der Waals surface area contributed by atoms with E-state index in [1.807, 2.05) is 0 Å². The number of esters is 1. The molecule has 0 spiro atoms. The number of ether oxygens (including phenoxy) is 2. The number of carbonyl (C=O) groups is 2. The molecule has 0 aliphatic heterocycles. The molecule has 0 aliphatic carbocycles. The summed E-state index contributed by atoms with van der Waals surface area (Å²) in [5, 5.41) is -5.95. The van der Waals surface area contributed by atoms with Gasteiger partial charge in [0.15, 0.2) is 0 Å². The third-order valence-corrected chi connectivity index (χ3v) is 4.77. The van der Waals surface area contributed by atoms with Gasteiger partial charge >= 0.3 is 51.3 Å². The zero-order valence-electron chi connectivity index (χ0n) is 17.1. The maximum absolute atomic E-state index is 13.6. The minimum atomic E-state index is -6.57. The van der Waals surface area contributed by atoms with Crippen molar-refractivity contribution >= 4 is 22.0 Å². The van der Waals surface area contributed by atoms with Crippen LogP contribution in [0.5, 0.6) is 0 Å². The Kier molecular flexibility index (Phi) is 9.58. The van der Waals surface area contributed by atoms with E-state index in [-0.39, 0.29) is 4.90 Å². The molecule has 200 valence electrons. The molecule has 0 aromatic heterocycles. The molecule has 0 aromatic carbocycles. The number of halogens is 10. The largest absolute Gasteiger partial charge is 0.466 e. The SMILES string of the molecule is C=C(C(=O)OC(OCCCCC(F)(F)C(F)(F)S(=O)(=O)O)(C(=O)N(C)C)C(F)(F)F)C(F)(F)F. The zero-order chi connectivity index (χ0) is 27.6. The first-order valence-electron chi connectivity index (χ1n) is 8.49. The lowest BCUT2D eigenvalue weighted by atomic mass is 10.1. The molecule has 1 amide bonds. The number of alkyl halides is 10. The average Bonchev–Trinajstić information content (AvgIpc) is 2.62. The van der Waals surface area contributed by atoms with Gasteiger partial charge in [-0.25, -0.2) is 4.79 Å².